The van der Waals surface area contributed by atoms with Gasteiger partial charge in [0.25, 0.3) is 0 Å². The molecular weight excluding hydrogens is 243 g/mol. The average Bonchev–Trinajstić information content (AvgIpc) is 2.25. The van der Waals surface area contributed by atoms with Crippen LogP contribution in [-0.2, 0) is 20.5 Å². The minimum Gasteiger partial charge on any atom is -0.465 e. The highest BCUT2D eigenvalue weighted by atomic mass is 31.2. The van der Waals surface area contributed by atoms with Gasteiger partial charge < -0.3 is 14.5 Å². The summed E-state index contributed by atoms with van der Waals surface area (Å²) in [7, 11) is -3.98. The van der Waals surface area contributed by atoms with Crippen LogP contribution in [0.15, 0.2) is 30.3 Å². The number of carbonyl (C=O) groups excluding carboxylic acids is 1. The molecule has 0 aromatic heterocycles. The molecule has 0 aliphatic rings. The van der Waals surface area contributed by atoms with E-state index < -0.39 is 7.60 Å². The minimum atomic E-state index is -3.98. The zero-order valence-corrected chi connectivity index (χ0v) is 10.2. The Labute approximate surface area is 99.6 Å². The zero-order valence-electron chi connectivity index (χ0n) is 9.28. The molecule has 0 fully saturated rings. The average molecular weight is 258 g/mol. The van der Waals surface area contributed by atoms with E-state index in [0.29, 0.717) is 0 Å². The van der Waals surface area contributed by atoms with Gasteiger partial charge in [-0.05, 0) is 12.0 Å². The highest BCUT2D eigenvalue weighted by molar-refractivity contribution is 7.51. The molecule has 0 spiro atoms. The molecule has 5 nitrogen and oxygen atoms in total. The molecule has 1 rings (SSSR count). The van der Waals surface area contributed by atoms with E-state index in [-0.39, 0.29) is 31.6 Å². The third-order valence-electron chi connectivity index (χ3n) is 2.05. The molecule has 17 heavy (non-hydrogen) atoms. The van der Waals surface area contributed by atoms with E-state index in [1.54, 1.807) is 0 Å². The van der Waals surface area contributed by atoms with Crippen LogP contribution in [0.3, 0.4) is 0 Å². The first-order valence-corrected chi connectivity index (χ1v) is 7.01. The summed E-state index contributed by atoms with van der Waals surface area (Å²) in [6.07, 6.45) is 0.0905. The van der Waals surface area contributed by atoms with Crippen molar-refractivity contribution in [2.24, 2.45) is 0 Å². The Morgan fingerprint density at radius 2 is 1.88 bits per heavy atom. The van der Waals surface area contributed by atoms with E-state index in [4.69, 9.17) is 14.5 Å². The van der Waals surface area contributed by atoms with Crippen molar-refractivity contribution in [1.82, 2.24) is 0 Å². The van der Waals surface area contributed by atoms with Crippen LogP contribution in [0.1, 0.15) is 12.0 Å². The Hall–Kier alpha value is -1.16. The molecular formula is C11H15O5P. The van der Waals surface area contributed by atoms with Crippen LogP contribution in [0.5, 0.6) is 0 Å². The van der Waals surface area contributed by atoms with Gasteiger partial charge in [0.2, 0.25) is 0 Å². The molecule has 94 valence electrons. The molecule has 0 unspecified atom stereocenters. The summed E-state index contributed by atoms with van der Waals surface area (Å²) in [6, 6.07) is 9.15. The van der Waals surface area contributed by atoms with Crippen molar-refractivity contribution < 1.29 is 23.9 Å². The van der Waals surface area contributed by atoms with Crippen molar-refractivity contribution >= 4 is 13.6 Å². The number of benzene rings is 1. The van der Waals surface area contributed by atoms with Gasteiger partial charge in [-0.25, -0.2) is 0 Å². The number of hydrogen-bond donors (Lipinski definition) is 2. The van der Waals surface area contributed by atoms with Crippen LogP contribution in [0, 0.1) is 0 Å². The van der Waals surface area contributed by atoms with Gasteiger partial charge in [-0.3, -0.25) is 9.36 Å². The van der Waals surface area contributed by atoms with Gasteiger partial charge in [-0.15, -0.1) is 0 Å². The summed E-state index contributed by atoms with van der Waals surface area (Å²) in [5.41, 5.74) is 0.854. The van der Waals surface area contributed by atoms with Crippen molar-refractivity contribution in [3.63, 3.8) is 0 Å². The SMILES string of the molecule is O=C(Cc1ccccc1)OCCCP(=O)(O)O. The normalized spacial score (nSPS) is 11.2. The second-order valence-electron chi connectivity index (χ2n) is 3.62. The Morgan fingerprint density at radius 3 is 2.47 bits per heavy atom. The van der Waals surface area contributed by atoms with E-state index in [1.807, 2.05) is 30.3 Å². The summed E-state index contributed by atoms with van der Waals surface area (Å²) in [5.74, 6) is -0.387. The van der Waals surface area contributed by atoms with E-state index in [9.17, 15) is 9.36 Å². The maximum Gasteiger partial charge on any atom is 0.325 e. The lowest BCUT2D eigenvalue weighted by molar-refractivity contribution is -0.142. The molecule has 0 aliphatic carbocycles. The summed E-state index contributed by atoms with van der Waals surface area (Å²) in [6.45, 7) is 0.0385. The van der Waals surface area contributed by atoms with Gasteiger partial charge >= 0.3 is 13.6 Å². The number of esters is 1. The number of hydrogen-bond acceptors (Lipinski definition) is 3. The zero-order chi connectivity index (χ0) is 12.7. The Kier molecular flexibility index (Phi) is 5.35. The first-order valence-electron chi connectivity index (χ1n) is 5.21. The number of rotatable bonds is 6. The largest absolute Gasteiger partial charge is 0.465 e. The quantitative estimate of drug-likeness (QED) is 0.457. The molecule has 0 bridgehead atoms. The van der Waals surface area contributed by atoms with E-state index in [0.717, 1.165) is 5.56 Å². The molecule has 0 aliphatic heterocycles. The molecule has 0 saturated heterocycles. The molecule has 0 amide bonds. The smallest absolute Gasteiger partial charge is 0.325 e. The van der Waals surface area contributed by atoms with Gasteiger partial charge in [-0.1, -0.05) is 30.3 Å². The summed E-state index contributed by atoms with van der Waals surface area (Å²) < 4.78 is 15.4. The molecule has 1 aromatic rings. The molecule has 0 radical (unpaired) electrons. The fraction of sp³-hybridized carbons (Fsp3) is 0.364. The van der Waals surface area contributed by atoms with E-state index >= 15 is 0 Å². The predicted molar refractivity (Wildman–Crippen MR) is 62.6 cm³/mol. The first kappa shape index (κ1) is 13.9. The molecule has 0 saturated carbocycles. The van der Waals surface area contributed by atoms with E-state index in [1.165, 1.54) is 0 Å². The summed E-state index contributed by atoms with van der Waals surface area (Å²) in [4.78, 5) is 28.5. The van der Waals surface area contributed by atoms with Crippen LogP contribution in [0.4, 0.5) is 0 Å². The molecule has 2 N–H and O–H groups in total. The fourth-order valence-corrected chi connectivity index (χ4v) is 1.81. The van der Waals surface area contributed by atoms with Crippen molar-refractivity contribution in [1.29, 1.82) is 0 Å². The van der Waals surface area contributed by atoms with Gasteiger partial charge in [0.15, 0.2) is 0 Å². The van der Waals surface area contributed by atoms with Crippen molar-refractivity contribution in [2.45, 2.75) is 12.8 Å². The fourth-order valence-electron chi connectivity index (χ4n) is 1.27. The minimum absolute atomic E-state index is 0.0385. The van der Waals surface area contributed by atoms with Crippen LogP contribution < -0.4 is 0 Å². The van der Waals surface area contributed by atoms with Crippen molar-refractivity contribution in [3.8, 4) is 0 Å². The summed E-state index contributed by atoms with van der Waals surface area (Å²) >= 11 is 0. The Balaban J connectivity index is 2.20. The maximum absolute atomic E-state index is 11.3. The topological polar surface area (TPSA) is 83.8 Å². The number of carbonyl (C=O) groups is 1. The van der Waals surface area contributed by atoms with E-state index in [2.05, 4.69) is 0 Å². The first-order chi connectivity index (χ1) is 7.97. The Morgan fingerprint density at radius 1 is 1.24 bits per heavy atom. The number of ether oxygens (including phenoxy) is 1. The van der Waals surface area contributed by atoms with Crippen LogP contribution in [0.2, 0.25) is 0 Å². The van der Waals surface area contributed by atoms with Crippen molar-refractivity contribution in [3.05, 3.63) is 35.9 Å². The lowest BCUT2D eigenvalue weighted by Crippen LogP contribution is -2.09. The van der Waals surface area contributed by atoms with Gasteiger partial charge in [0.05, 0.1) is 19.2 Å². The van der Waals surface area contributed by atoms with Crippen LogP contribution in [-0.4, -0.2) is 28.5 Å². The monoisotopic (exact) mass is 258 g/mol. The van der Waals surface area contributed by atoms with Crippen LogP contribution >= 0.6 is 7.60 Å². The third-order valence-corrected chi connectivity index (χ3v) is 2.95. The molecule has 1 aromatic carbocycles. The Bertz CT molecular complexity index is 398. The maximum atomic E-state index is 11.3. The summed E-state index contributed by atoms with van der Waals surface area (Å²) in [5, 5.41) is 0. The molecule has 6 heteroatoms. The predicted octanol–water partition coefficient (Wildman–Crippen LogP) is 1.34. The molecule has 0 heterocycles. The molecule has 0 atom stereocenters. The highest BCUT2D eigenvalue weighted by Gasteiger charge is 2.12. The van der Waals surface area contributed by atoms with Crippen LogP contribution in [0.25, 0.3) is 0 Å². The lowest BCUT2D eigenvalue weighted by atomic mass is 10.2. The lowest BCUT2D eigenvalue weighted by Gasteiger charge is -2.05. The second-order valence-corrected chi connectivity index (χ2v) is 5.40. The standard InChI is InChI=1S/C11H15O5P/c12-11(9-10-5-2-1-3-6-10)16-7-4-8-17(13,14)15/h1-3,5-6H,4,7-9H2,(H2,13,14,15). The van der Waals surface area contributed by atoms with Gasteiger partial charge in [0.1, 0.15) is 0 Å². The van der Waals surface area contributed by atoms with Crippen molar-refractivity contribution in [2.75, 3.05) is 12.8 Å². The third kappa shape index (κ3) is 6.89. The highest BCUT2D eigenvalue weighted by Crippen LogP contribution is 2.34. The second kappa shape index (κ2) is 6.55. The van der Waals surface area contributed by atoms with Gasteiger partial charge in [-0.2, -0.15) is 0 Å². The van der Waals surface area contributed by atoms with Gasteiger partial charge in [0, 0.05) is 0 Å².